The number of hydrogen-bond acceptors (Lipinski definition) is 7. The van der Waals surface area contributed by atoms with Crippen molar-refractivity contribution in [2.45, 2.75) is 20.0 Å². The predicted molar refractivity (Wildman–Crippen MR) is 113 cm³/mol. The van der Waals surface area contributed by atoms with E-state index in [2.05, 4.69) is 15.3 Å². The number of anilines is 1. The van der Waals surface area contributed by atoms with Gasteiger partial charge in [0.1, 0.15) is 5.75 Å². The number of nitrogens with one attached hydrogen (secondary N) is 1. The highest BCUT2D eigenvalue weighted by atomic mass is 32.1. The molecule has 0 atom stereocenters. The van der Waals surface area contributed by atoms with E-state index in [0.29, 0.717) is 29.5 Å². The van der Waals surface area contributed by atoms with Crippen LogP contribution in [0.3, 0.4) is 0 Å². The number of benzene rings is 1. The van der Waals surface area contributed by atoms with Crippen molar-refractivity contribution in [3.63, 3.8) is 0 Å². The quantitative estimate of drug-likeness (QED) is 0.684. The molecule has 8 nitrogen and oxygen atoms in total. The Balaban J connectivity index is 1.60. The van der Waals surface area contributed by atoms with Crippen LogP contribution >= 0.6 is 11.3 Å². The molecule has 0 bridgehead atoms. The molecular formula is C21H20N4O4S. The van der Waals surface area contributed by atoms with Gasteiger partial charge < -0.3 is 9.47 Å². The van der Waals surface area contributed by atoms with Crippen molar-refractivity contribution in [2.24, 2.45) is 0 Å². The number of nitrogens with zero attached hydrogens (tertiary/aromatic N) is 3. The predicted octanol–water partition coefficient (Wildman–Crippen LogP) is 3.86. The first kappa shape index (κ1) is 19.8. The van der Waals surface area contributed by atoms with Crippen molar-refractivity contribution < 1.29 is 19.1 Å². The number of carbonyl (C=O) groups excluding carboxylic acids is 2. The zero-order valence-electron chi connectivity index (χ0n) is 16.8. The molecule has 1 N–H and O–H groups in total. The van der Waals surface area contributed by atoms with Crippen molar-refractivity contribution in [1.29, 1.82) is 0 Å². The zero-order chi connectivity index (χ0) is 21.3. The van der Waals surface area contributed by atoms with E-state index >= 15 is 0 Å². The minimum Gasteiger partial charge on any atom is -0.496 e. The van der Waals surface area contributed by atoms with Gasteiger partial charge >= 0.3 is 6.09 Å². The zero-order valence-corrected chi connectivity index (χ0v) is 17.6. The summed E-state index contributed by atoms with van der Waals surface area (Å²) >= 11 is 1.35. The normalized spacial score (nSPS) is 12.4. The van der Waals surface area contributed by atoms with Crippen LogP contribution in [0, 0.1) is 6.92 Å². The van der Waals surface area contributed by atoms with Crippen LogP contribution < -0.4 is 10.1 Å². The summed E-state index contributed by atoms with van der Waals surface area (Å²) in [7, 11) is 2.95. The minimum atomic E-state index is -0.391. The Morgan fingerprint density at radius 3 is 2.70 bits per heavy atom. The molecule has 1 aliphatic rings. The number of thiazole rings is 1. The van der Waals surface area contributed by atoms with Crippen molar-refractivity contribution in [3.8, 4) is 16.9 Å². The second-order valence-electron chi connectivity index (χ2n) is 6.74. The second-order valence-corrected chi connectivity index (χ2v) is 7.82. The maximum atomic E-state index is 13.1. The highest BCUT2D eigenvalue weighted by molar-refractivity contribution is 7.16. The van der Waals surface area contributed by atoms with E-state index in [4.69, 9.17) is 9.47 Å². The standard InChI is InChI=1S/C21H20N4O4S/c1-12-8-14(13-6-4-5-7-17(13)28-2)15(9-22-12)19(26)24-20-23-16-10-25(21(27)29-3)11-18(16)30-20/h4-9H,10-11H2,1-3H3,(H,23,24,26). The fraction of sp³-hybridized carbons (Fsp3) is 0.238. The molecule has 3 aromatic rings. The van der Waals surface area contributed by atoms with Gasteiger partial charge in [-0.2, -0.15) is 0 Å². The SMILES string of the molecule is COC(=O)N1Cc2nc(NC(=O)c3cnc(C)cc3-c3ccccc3OC)sc2C1. The lowest BCUT2D eigenvalue weighted by Gasteiger charge is -2.14. The van der Waals surface area contributed by atoms with Gasteiger partial charge in [-0.1, -0.05) is 29.5 Å². The second kappa shape index (κ2) is 8.11. The van der Waals surface area contributed by atoms with Gasteiger partial charge in [-0.05, 0) is 19.1 Å². The topological polar surface area (TPSA) is 93.7 Å². The largest absolute Gasteiger partial charge is 0.496 e. The monoisotopic (exact) mass is 424 g/mol. The van der Waals surface area contributed by atoms with Crippen LogP contribution in [0.25, 0.3) is 11.1 Å². The van der Waals surface area contributed by atoms with Crippen molar-refractivity contribution in [2.75, 3.05) is 19.5 Å². The molecule has 0 saturated carbocycles. The number of carbonyl (C=O) groups is 2. The molecule has 0 spiro atoms. The van der Waals surface area contributed by atoms with Gasteiger partial charge in [-0.15, -0.1) is 0 Å². The molecule has 3 heterocycles. The van der Waals surface area contributed by atoms with E-state index < -0.39 is 6.09 Å². The van der Waals surface area contributed by atoms with E-state index in [1.165, 1.54) is 18.4 Å². The number of methoxy groups -OCH3 is 2. The van der Waals surface area contributed by atoms with Gasteiger partial charge in [0.05, 0.1) is 43.4 Å². The van der Waals surface area contributed by atoms with Crippen LogP contribution in [0.4, 0.5) is 9.93 Å². The first-order valence-electron chi connectivity index (χ1n) is 9.23. The maximum Gasteiger partial charge on any atom is 0.410 e. The van der Waals surface area contributed by atoms with Gasteiger partial charge in [0, 0.05) is 23.0 Å². The van der Waals surface area contributed by atoms with Crippen molar-refractivity contribution in [3.05, 3.63) is 58.4 Å². The molecule has 0 saturated heterocycles. The molecule has 0 fully saturated rings. The Morgan fingerprint density at radius 2 is 1.97 bits per heavy atom. The number of ether oxygens (including phenoxy) is 2. The number of rotatable bonds is 4. The van der Waals surface area contributed by atoms with Crippen LogP contribution in [-0.2, 0) is 17.8 Å². The Morgan fingerprint density at radius 1 is 1.17 bits per heavy atom. The van der Waals surface area contributed by atoms with E-state index in [9.17, 15) is 9.59 Å². The highest BCUT2D eigenvalue weighted by Gasteiger charge is 2.28. The smallest absolute Gasteiger partial charge is 0.410 e. The summed E-state index contributed by atoms with van der Waals surface area (Å²) in [5.74, 6) is 0.369. The van der Waals surface area contributed by atoms with E-state index in [1.807, 2.05) is 37.3 Å². The van der Waals surface area contributed by atoms with Crippen molar-refractivity contribution in [1.82, 2.24) is 14.9 Å². The number of fused-ring (bicyclic) bond motifs is 1. The third-order valence-electron chi connectivity index (χ3n) is 4.79. The summed E-state index contributed by atoms with van der Waals surface area (Å²) in [6.45, 7) is 2.67. The summed E-state index contributed by atoms with van der Waals surface area (Å²) < 4.78 is 10.2. The lowest BCUT2D eigenvalue weighted by Crippen LogP contribution is -2.25. The number of aryl methyl sites for hydroxylation is 1. The van der Waals surface area contributed by atoms with Crippen LogP contribution in [0.15, 0.2) is 36.5 Å². The molecule has 0 unspecified atom stereocenters. The molecule has 4 rings (SSSR count). The lowest BCUT2D eigenvalue weighted by molar-refractivity contribution is 0.102. The third kappa shape index (κ3) is 3.71. The van der Waals surface area contributed by atoms with Gasteiger partial charge in [0.15, 0.2) is 5.13 Å². The number of amides is 2. The van der Waals surface area contributed by atoms with E-state index in [-0.39, 0.29) is 5.91 Å². The Bertz CT molecular complexity index is 1100. The molecule has 154 valence electrons. The Hall–Kier alpha value is -3.46. The minimum absolute atomic E-state index is 0.305. The van der Waals surface area contributed by atoms with Gasteiger partial charge in [0.2, 0.25) is 0 Å². The summed E-state index contributed by atoms with van der Waals surface area (Å²) in [6.07, 6.45) is 1.17. The van der Waals surface area contributed by atoms with Gasteiger partial charge in [0.25, 0.3) is 5.91 Å². The van der Waals surface area contributed by atoms with Gasteiger partial charge in [-0.3, -0.25) is 20.0 Å². The van der Waals surface area contributed by atoms with Crippen molar-refractivity contribution >= 4 is 28.5 Å². The third-order valence-corrected chi connectivity index (χ3v) is 5.79. The maximum absolute atomic E-state index is 13.1. The molecule has 1 aliphatic heterocycles. The number of aromatic nitrogens is 2. The first-order valence-corrected chi connectivity index (χ1v) is 10.0. The van der Waals surface area contributed by atoms with Crippen LogP contribution in [0.2, 0.25) is 0 Å². The average Bonchev–Trinajstić information content (AvgIpc) is 3.31. The lowest BCUT2D eigenvalue weighted by atomic mass is 9.99. The average molecular weight is 424 g/mol. The fourth-order valence-electron chi connectivity index (χ4n) is 3.35. The Labute approximate surface area is 177 Å². The summed E-state index contributed by atoms with van der Waals surface area (Å²) in [4.78, 5) is 36.0. The number of hydrogen-bond donors (Lipinski definition) is 1. The van der Waals surface area contributed by atoms with Gasteiger partial charge in [-0.25, -0.2) is 9.78 Å². The Kier molecular flexibility index (Phi) is 5.37. The summed E-state index contributed by atoms with van der Waals surface area (Å²) in [5, 5.41) is 3.35. The molecule has 0 radical (unpaired) electrons. The van der Waals surface area contributed by atoms with Crippen LogP contribution in [-0.4, -0.2) is 41.1 Å². The van der Waals surface area contributed by atoms with Crippen LogP contribution in [0.5, 0.6) is 5.75 Å². The van der Waals surface area contributed by atoms with Crippen LogP contribution in [0.1, 0.15) is 26.6 Å². The molecular weight excluding hydrogens is 404 g/mol. The highest BCUT2D eigenvalue weighted by Crippen LogP contribution is 2.34. The molecule has 2 aromatic heterocycles. The fourth-order valence-corrected chi connectivity index (χ4v) is 4.33. The molecule has 1 aromatic carbocycles. The molecule has 30 heavy (non-hydrogen) atoms. The number of pyridine rings is 1. The van der Waals surface area contributed by atoms with E-state index in [0.717, 1.165) is 27.4 Å². The summed E-state index contributed by atoms with van der Waals surface area (Å²) in [5.41, 5.74) is 3.54. The first-order chi connectivity index (χ1) is 14.5. The van der Waals surface area contributed by atoms with E-state index in [1.54, 1.807) is 18.2 Å². The molecule has 0 aliphatic carbocycles. The number of para-hydroxylation sites is 1. The molecule has 2 amide bonds. The summed E-state index contributed by atoms with van der Waals surface area (Å²) in [6, 6.07) is 9.40. The molecule has 9 heteroatoms.